The predicted molar refractivity (Wildman–Crippen MR) is 67.7 cm³/mol. The Hall–Kier alpha value is -1.33. The molecule has 100 valence electrons. The predicted octanol–water partition coefficient (Wildman–Crippen LogP) is 0.867. The number of hydrogen-bond donors (Lipinski definition) is 2. The maximum atomic E-state index is 12.1. The highest BCUT2D eigenvalue weighted by molar-refractivity contribution is 5.93. The molecular weight excluding hydrogens is 232 g/mol. The summed E-state index contributed by atoms with van der Waals surface area (Å²) in [6.45, 7) is 5.38. The third kappa shape index (κ3) is 2.57. The summed E-state index contributed by atoms with van der Waals surface area (Å²) in [5.41, 5.74) is 0.879. The molecule has 1 amide bonds. The molecule has 2 atom stereocenters. The minimum atomic E-state index is -0.164. The Morgan fingerprint density at radius 1 is 1.61 bits per heavy atom. The van der Waals surface area contributed by atoms with Gasteiger partial charge < -0.3 is 19.8 Å². The lowest BCUT2D eigenvalue weighted by Gasteiger charge is -2.17. The molecule has 1 saturated heterocycles. The van der Waals surface area contributed by atoms with Gasteiger partial charge in [-0.3, -0.25) is 4.79 Å². The molecule has 0 unspecified atom stereocenters. The van der Waals surface area contributed by atoms with Crippen LogP contribution in [0.15, 0.2) is 10.5 Å². The first-order valence-corrected chi connectivity index (χ1v) is 6.29. The van der Waals surface area contributed by atoms with E-state index in [2.05, 4.69) is 10.6 Å². The first-order valence-electron chi connectivity index (χ1n) is 6.29. The first-order chi connectivity index (χ1) is 8.65. The van der Waals surface area contributed by atoms with Gasteiger partial charge in [-0.05, 0) is 13.0 Å². The second kappa shape index (κ2) is 5.54. The number of hydrogen-bond acceptors (Lipinski definition) is 4. The van der Waals surface area contributed by atoms with Crippen LogP contribution in [0.5, 0.6) is 0 Å². The second-order valence-electron chi connectivity index (χ2n) is 4.59. The fourth-order valence-electron chi connectivity index (χ4n) is 2.23. The van der Waals surface area contributed by atoms with Crippen molar-refractivity contribution < 1.29 is 13.9 Å². The van der Waals surface area contributed by atoms with Crippen molar-refractivity contribution in [2.24, 2.45) is 0 Å². The van der Waals surface area contributed by atoms with Gasteiger partial charge in [0.05, 0.1) is 12.1 Å². The monoisotopic (exact) mass is 252 g/mol. The molecule has 5 nitrogen and oxygen atoms in total. The molecule has 0 spiro atoms. The van der Waals surface area contributed by atoms with E-state index in [0.29, 0.717) is 5.76 Å². The van der Waals surface area contributed by atoms with Crippen LogP contribution in [0, 0.1) is 6.92 Å². The lowest BCUT2D eigenvalue weighted by molar-refractivity contribution is 0.0758. The van der Waals surface area contributed by atoms with Crippen molar-refractivity contribution >= 4 is 5.91 Å². The van der Waals surface area contributed by atoms with Gasteiger partial charge in [0.1, 0.15) is 5.76 Å². The molecule has 1 aromatic heterocycles. The van der Waals surface area contributed by atoms with E-state index in [1.54, 1.807) is 7.11 Å². The topological polar surface area (TPSA) is 63.5 Å². The number of carbonyl (C=O) groups is 1. The molecule has 5 heteroatoms. The Balaban J connectivity index is 2.05. The zero-order valence-electron chi connectivity index (χ0n) is 11.1. The fourth-order valence-corrected chi connectivity index (χ4v) is 2.23. The summed E-state index contributed by atoms with van der Waals surface area (Å²) in [6.07, 6.45) is 0.814. The van der Waals surface area contributed by atoms with Crippen molar-refractivity contribution in [1.29, 1.82) is 0 Å². The van der Waals surface area contributed by atoms with E-state index in [-0.39, 0.29) is 18.1 Å². The molecule has 2 rings (SSSR count). The van der Waals surface area contributed by atoms with Gasteiger partial charge in [-0.1, -0.05) is 6.92 Å². The summed E-state index contributed by atoms with van der Waals surface area (Å²) in [5.74, 6) is 1.09. The molecule has 1 fully saturated rings. The Labute approximate surface area is 107 Å². The average molecular weight is 252 g/mol. The summed E-state index contributed by atoms with van der Waals surface area (Å²) in [6, 6.07) is 1.91. The molecule has 0 bridgehead atoms. The molecule has 0 aromatic carbocycles. The zero-order valence-corrected chi connectivity index (χ0v) is 11.1. The molecule has 1 aliphatic rings. The number of rotatable bonds is 4. The maximum absolute atomic E-state index is 12.1. The highest BCUT2D eigenvalue weighted by atomic mass is 16.5. The number of furan rings is 1. The van der Waals surface area contributed by atoms with E-state index in [1.165, 1.54) is 0 Å². The van der Waals surface area contributed by atoms with Crippen LogP contribution >= 0.6 is 0 Å². The van der Waals surface area contributed by atoms with Crippen molar-refractivity contribution in [2.75, 3.05) is 20.2 Å². The normalized spacial score (nSPS) is 23.3. The third-order valence-corrected chi connectivity index (χ3v) is 3.30. The standard InChI is InChI=1S/C13H20N2O3/c1-4-9-5-8(2)12(18-9)13(16)15-10-6-14-7-11(10)17-3/h5,10-11,14H,4,6-7H2,1-3H3,(H,15,16)/t10-,11+/m1/s1. The van der Waals surface area contributed by atoms with E-state index in [9.17, 15) is 4.79 Å². The first kappa shape index (κ1) is 13.1. The largest absolute Gasteiger partial charge is 0.456 e. The van der Waals surface area contributed by atoms with Gasteiger partial charge in [0, 0.05) is 32.2 Å². The lowest BCUT2D eigenvalue weighted by atomic mass is 10.2. The number of carbonyl (C=O) groups excluding carboxylic acids is 1. The zero-order chi connectivity index (χ0) is 13.1. The van der Waals surface area contributed by atoms with E-state index >= 15 is 0 Å². The number of nitrogens with one attached hydrogen (secondary N) is 2. The average Bonchev–Trinajstić information content (AvgIpc) is 2.95. The minimum Gasteiger partial charge on any atom is -0.456 e. The van der Waals surface area contributed by atoms with Gasteiger partial charge in [0.25, 0.3) is 5.91 Å². The van der Waals surface area contributed by atoms with Crippen LogP contribution in [0.1, 0.15) is 28.8 Å². The van der Waals surface area contributed by atoms with Crippen molar-refractivity contribution in [2.45, 2.75) is 32.4 Å². The quantitative estimate of drug-likeness (QED) is 0.834. The van der Waals surface area contributed by atoms with Gasteiger partial charge in [0.2, 0.25) is 0 Å². The van der Waals surface area contributed by atoms with Crippen molar-refractivity contribution in [1.82, 2.24) is 10.6 Å². The van der Waals surface area contributed by atoms with Gasteiger partial charge in [-0.15, -0.1) is 0 Å². The smallest absolute Gasteiger partial charge is 0.287 e. The molecule has 2 N–H and O–H groups in total. The SMILES string of the molecule is CCc1cc(C)c(C(=O)N[C@@H]2CNC[C@@H]2OC)o1. The van der Waals surface area contributed by atoms with Crippen LogP contribution in [0.2, 0.25) is 0 Å². The molecule has 0 saturated carbocycles. The molecule has 1 aliphatic heterocycles. The van der Waals surface area contributed by atoms with Crippen LogP contribution in [0.3, 0.4) is 0 Å². The van der Waals surface area contributed by atoms with Crippen molar-refractivity contribution in [3.8, 4) is 0 Å². The van der Waals surface area contributed by atoms with Gasteiger partial charge in [-0.25, -0.2) is 0 Å². The molecule has 0 aliphatic carbocycles. The number of methoxy groups -OCH3 is 1. The van der Waals surface area contributed by atoms with Crippen LogP contribution in [0.25, 0.3) is 0 Å². The number of ether oxygens (including phenoxy) is 1. The van der Waals surface area contributed by atoms with Crippen molar-refractivity contribution in [3.05, 3.63) is 23.2 Å². The third-order valence-electron chi connectivity index (χ3n) is 3.30. The number of amides is 1. The Bertz CT molecular complexity index is 428. The molecule has 0 radical (unpaired) electrons. The van der Waals surface area contributed by atoms with Crippen LogP contribution in [-0.2, 0) is 11.2 Å². The maximum Gasteiger partial charge on any atom is 0.287 e. The molecule has 2 heterocycles. The van der Waals surface area contributed by atoms with Crippen LogP contribution < -0.4 is 10.6 Å². The summed E-state index contributed by atoms with van der Waals surface area (Å²) in [4.78, 5) is 12.1. The lowest BCUT2D eigenvalue weighted by Crippen LogP contribution is -2.43. The summed E-state index contributed by atoms with van der Waals surface area (Å²) < 4.78 is 10.8. The van der Waals surface area contributed by atoms with E-state index in [4.69, 9.17) is 9.15 Å². The van der Waals surface area contributed by atoms with E-state index < -0.39 is 0 Å². The van der Waals surface area contributed by atoms with Crippen molar-refractivity contribution in [3.63, 3.8) is 0 Å². The summed E-state index contributed by atoms with van der Waals surface area (Å²) >= 11 is 0. The Morgan fingerprint density at radius 2 is 2.39 bits per heavy atom. The molecule has 1 aromatic rings. The van der Waals surface area contributed by atoms with E-state index in [0.717, 1.165) is 30.8 Å². The highest BCUT2D eigenvalue weighted by Crippen LogP contribution is 2.15. The highest BCUT2D eigenvalue weighted by Gasteiger charge is 2.29. The molecule has 18 heavy (non-hydrogen) atoms. The van der Waals surface area contributed by atoms with Gasteiger partial charge >= 0.3 is 0 Å². The van der Waals surface area contributed by atoms with Gasteiger partial charge in [0.15, 0.2) is 5.76 Å². The summed E-state index contributed by atoms with van der Waals surface area (Å²) in [7, 11) is 1.66. The fraction of sp³-hybridized carbons (Fsp3) is 0.615. The minimum absolute atomic E-state index is 0.00271. The number of aryl methyl sites for hydroxylation is 2. The second-order valence-corrected chi connectivity index (χ2v) is 4.59. The van der Waals surface area contributed by atoms with E-state index in [1.807, 2.05) is 19.9 Å². The van der Waals surface area contributed by atoms with Gasteiger partial charge in [-0.2, -0.15) is 0 Å². The molecular formula is C13H20N2O3. The Morgan fingerprint density at radius 3 is 3.00 bits per heavy atom. The summed E-state index contributed by atoms with van der Waals surface area (Å²) in [5, 5.41) is 6.15. The van der Waals surface area contributed by atoms with Crippen LogP contribution in [0.4, 0.5) is 0 Å². The van der Waals surface area contributed by atoms with Crippen LogP contribution in [-0.4, -0.2) is 38.3 Å². The Kier molecular flexibility index (Phi) is 4.04.